The zero-order valence-corrected chi connectivity index (χ0v) is 10.5. The third kappa shape index (κ3) is 1.75. The van der Waals surface area contributed by atoms with Gasteiger partial charge in [0.1, 0.15) is 17.2 Å². The molecule has 17 heavy (non-hydrogen) atoms. The van der Waals surface area contributed by atoms with Crippen LogP contribution in [0.1, 0.15) is 5.82 Å². The SMILES string of the molecule is Cc1nnc(Sc2ncnc3ccsc23)n1N. The number of aromatic nitrogens is 5. The van der Waals surface area contributed by atoms with Crippen LogP contribution in [0.2, 0.25) is 0 Å². The molecule has 0 aromatic carbocycles. The van der Waals surface area contributed by atoms with E-state index in [0.717, 1.165) is 15.2 Å². The van der Waals surface area contributed by atoms with Crippen LogP contribution in [0.15, 0.2) is 28.0 Å². The highest BCUT2D eigenvalue weighted by molar-refractivity contribution is 7.99. The molecular formula is C9H8N6S2. The zero-order valence-electron chi connectivity index (χ0n) is 8.86. The molecule has 3 aromatic heterocycles. The van der Waals surface area contributed by atoms with Crippen molar-refractivity contribution < 1.29 is 0 Å². The predicted octanol–water partition coefficient (Wildman–Crippen LogP) is 1.46. The van der Waals surface area contributed by atoms with E-state index in [0.29, 0.717) is 11.0 Å². The Bertz CT molecular complexity index is 673. The van der Waals surface area contributed by atoms with Gasteiger partial charge in [0, 0.05) is 0 Å². The van der Waals surface area contributed by atoms with Gasteiger partial charge >= 0.3 is 0 Å². The lowest BCUT2D eigenvalue weighted by atomic mass is 10.5. The predicted molar refractivity (Wildman–Crippen MR) is 66.4 cm³/mol. The van der Waals surface area contributed by atoms with E-state index in [2.05, 4.69) is 20.2 Å². The smallest absolute Gasteiger partial charge is 0.216 e. The summed E-state index contributed by atoms with van der Waals surface area (Å²) in [6.45, 7) is 1.80. The lowest BCUT2D eigenvalue weighted by Gasteiger charge is -2.01. The maximum Gasteiger partial charge on any atom is 0.216 e. The molecule has 3 aromatic rings. The number of nitrogen functional groups attached to an aromatic ring is 1. The first-order valence-electron chi connectivity index (χ1n) is 4.79. The van der Waals surface area contributed by atoms with E-state index in [1.165, 1.54) is 16.4 Å². The second kappa shape index (κ2) is 3.97. The fourth-order valence-corrected chi connectivity index (χ4v) is 3.12. The van der Waals surface area contributed by atoms with Crippen molar-refractivity contribution in [2.45, 2.75) is 17.1 Å². The summed E-state index contributed by atoms with van der Waals surface area (Å²) in [7, 11) is 0. The fraction of sp³-hybridized carbons (Fsp3) is 0.111. The van der Waals surface area contributed by atoms with Crippen LogP contribution in [0.25, 0.3) is 10.2 Å². The van der Waals surface area contributed by atoms with Crippen LogP contribution in [0.5, 0.6) is 0 Å². The second-order valence-corrected chi connectivity index (χ2v) is 5.19. The Morgan fingerprint density at radius 2 is 2.24 bits per heavy atom. The monoisotopic (exact) mass is 264 g/mol. The van der Waals surface area contributed by atoms with Gasteiger partial charge in [-0.05, 0) is 30.1 Å². The van der Waals surface area contributed by atoms with Crippen LogP contribution in [-0.2, 0) is 0 Å². The van der Waals surface area contributed by atoms with Gasteiger partial charge in [0.05, 0.1) is 10.2 Å². The summed E-state index contributed by atoms with van der Waals surface area (Å²) in [4.78, 5) is 8.43. The van der Waals surface area contributed by atoms with Crippen molar-refractivity contribution in [3.8, 4) is 0 Å². The minimum absolute atomic E-state index is 0.621. The molecule has 2 N–H and O–H groups in total. The van der Waals surface area contributed by atoms with Crippen LogP contribution >= 0.6 is 23.1 Å². The number of thiophene rings is 1. The maximum atomic E-state index is 5.80. The first kappa shape index (κ1) is 10.5. The standard InChI is InChI=1S/C9H8N6S2/c1-5-13-14-9(15(5)10)17-8-7-6(2-3-16-7)11-4-12-8/h2-4H,10H2,1H3. The Morgan fingerprint density at radius 1 is 1.35 bits per heavy atom. The summed E-state index contributed by atoms with van der Waals surface area (Å²) >= 11 is 2.99. The third-order valence-electron chi connectivity index (χ3n) is 2.23. The Balaban J connectivity index is 2.05. The number of aryl methyl sites for hydroxylation is 1. The first-order chi connectivity index (χ1) is 8.25. The molecule has 3 heterocycles. The van der Waals surface area contributed by atoms with Crippen LogP contribution in [0.4, 0.5) is 0 Å². The van der Waals surface area contributed by atoms with Gasteiger partial charge in [-0.25, -0.2) is 14.6 Å². The minimum atomic E-state index is 0.621. The molecule has 8 heteroatoms. The van der Waals surface area contributed by atoms with Crippen molar-refractivity contribution in [2.75, 3.05) is 5.84 Å². The van der Waals surface area contributed by atoms with E-state index in [1.54, 1.807) is 24.6 Å². The Kier molecular flexibility index (Phi) is 2.45. The van der Waals surface area contributed by atoms with Gasteiger partial charge in [0.2, 0.25) is 5.16 Å². The molecule has 0 saturated carbocycles. The van der Waals surface area contributed by atoms with Gasteiger partial charge in [0.25, 0.3) is 0 Å². The fourth-order valence-electron chi connectivity index (χ4n) is 1.35. The molecule has 0 spiro atoms. The molecular weight excluding hydrogens is 256 g/mol. The molecule has 0 aliphatic heterocycles. The number of fused-ring (bicyclic) bond motifs is 1. The van der Waals surface area contributed by atoms with Gasteiger partial charge in [0.15, 0.2) is 0 Å². The average molecular weight is 264 g/mol. The quantitative estimate of drug-likeness (QED) is 0.557. The highest BCUT2D eigenvalue weighted by Crippen LogP contribution is 2.32. The molecule has 3 rings (SSSR count). The minimum Gasteiger partial charge on any atom is -0.336 e. The topological polar surface area (TPSA) is 82.5 Å². The first-order valence-corrected chi connectivity index (χ1v) is 6.48. The van der Waals surface area contributed by atoms with Crippen LogP contribution < -0.4 is 5.84 Å². The van der Waals surface area contributed by atoms with Gasteiger partial charge in [-0.15, -0.1) is 21.5 Å². The molecule has 0 unspecified atom stereocenters. The zero-order chi connectivity index (χ0) is 11.8. The van der Waals surface area contributed by atoms with E-state index in [1.807, 2.05) is 11.4 Å². The van der Waals surface area contributed by atoms with E-state index < -0.39 is 0 Å². The van der Waals surface area contributed by atoms with E-state index >= 15 is 0 Å². The highest BCUT2D eigenvalue weighted by Gasteiger charge is 2.12. The molecule has 0 bridgehead atoms. The van der Waals surface area contributed by atoms with Crippen molar-refractivity contribution >= 4 is 33.3 Å². The molecule has 86 valence electrons. The molecule has 0 aliphatic rings. The molecule has 6 nitrogen and oxygen atoms in total. The van der Waals surface area contributed by atoms with Crippen LogP contribution in [0.3, 0.4) is 0 Å². The van der Waals surface area contributed by atoms with Gasteiger partial charge in [-0.3, -0.25) is 0 Å². The summed E-state index contributed by atoms with van der Waals surface area (Å²) in [6.07, 6.45) is 1.54. The van der Waals surface area contributed by atoms with Crippen LogP contribution in [-0.4, -0.2) is 24.8 Å². The number of hydrogen-bond acceptors (Lipinski definition) is 7. The maximum absolute atomic E-state index is 5.80. The molecule has 0 saturated heterocycles. The largest absolute Gasteiger partial charge is 0.336 e. The molecule has 0 amide bonds. The Labute approximate surface area is 105 Å². The van der Waals surface area contributed by atoms with Crippen LogP contribution in [0, 0.1) is 6.92 Å². The highest BCUT2D eigenvalue weighted by atomic mass is 32.2. The summed E-state index contributed by atoms with van der Waals surface area (Å²) in [6, 6.07) is 1.96. The lowest BCUT2D eigenvalue weighted by molar-refractivity contribution is 0.824. The second-order valence-electron chi connectivity index (χ2n) is 3.32. The number of hydrogen-bond donors (Lipinski definition) is 1. The van der Waals surface area contributed by atoms with Crippen molar-refractivity contribution in [2.24, 2.45) is 0 Å². The van der Waals surface area contributed by atoms with E-state index in [4.69, 9.17) is 5.84 Å². The Hall–Kier alpha value is -1.67. The van der Waals surface area contributed by atoms with Crippen molar-refractivity contribution in [1.29, 1.82) is 0 Å². The normalized spacial score (nSPS) is 11.1. The molecule has 0 atom stereocenters. The summed E-state index contributed by atoms with van der Waals surface area (Å²) in [5, 5.41) is 11.4. The van der Waals surface area contributed by atoms with Crippen molar-refractivity contribution in [1.82, 2.24) is 24.8 Å². The van der Waals surface area contributed by atoms with Crippen molar-refractivity contribution in [3.63, 3.8) is 0 Å². The summed E-state index contributed by atoms with van der Waals surface area (Å²) in [5.74, 6) is 6.47. The third-order valence-corrected chi connectivity index (χ3v) is 4.24. The molecule has 0 aliphatic carbocycles. The molecule has 0 fully saturated rings. The van der Waals surface area contributed by atoms with Crippen molar-refractivity contribution in [3.05, 3.63) is 23.6 Å². The lowest BCUT2D eigenvalue weighted by Crippen LogP contribution is -2.11. The summed E-state index contributed by atoms with van der Waals surface area (Å²) in [5.41, 5.74) is 0.937. The number of nitrogens with two attached hydrogens (primary N) is 1. The number of nitrogens with zero attached hydrogens (tertiary/aromatic N) is 5. The van der Waals surface area contributed by atoms with E-state index in [-0.39, 0.29) is 0 Å². The number of rotatable bonds is 2. The van der Waals surface area contributed by atoms with E-state index in [9.17, 15) is 0 Å². The average Bonchev–Trinajstić information content (AvgIpc) is 2.91. The van der Waals surface area contributed by atoms with Gasteiger partial charge in [-0.2, -0.15) is 0 Å². The summed E-state index contributed by atoms with van der Waals surface area (Å²) < 4.78 is 2.49. The molecule has 0 radical (unpaired) electrons. The Morgan fingerprint density at radius 3 is 3.00 bits per heavy atom. The van der Waals surface area contributed by atoms with Gasteiger partial charge in [-0.1, -0.05) is 0 Å². The van der Waals surface area contributed by atoms with Gasteiger partial charge < -0.3 is 5.84 Å².